The zero-order chi connectivity index (χ0) is 18.4. The number of carbonyl (C=O) groups excluding carboxylic acids is 1. The minimum atomic E-state index is -1.90. The smallest absolute Gasteiger partial charge is 0.199 e. The maximum atomic E-state index is 14.0. The van der Waals surface area contributed by atoms with Crippen LogP contribution in [0.3, 0.4) is 0 Å². The molecule has 0 atom stereocenters. The second kappa shape index (κ2) is 5.91. The van der Waals surface area contributed by atoms with Gasteiger partial charge in [0.2, 0.25) is 0 Å². The van der Waals surface area contributed by atoms with E-state index >= 15 is 0 Å². The van der Waals surface area contributed by atoms with Crippen molar-refractivity contribution in [1.29, 1.82) is 0 Å². The lowest BCUT2D eigenvalue weighted by Gasteiger charge is -2.07. The van der Waals surface area contributed by atoms with Crippen LogP contribution in [0.5, 0.6) is 0 Å². The molecule has 0 saturated heterocycles. The maximum absolute atomic E-state index is 14.0. The summed E-state index contributed by atoms with van der Waals surface area (Å²) in [5.41, 5.74) is 0.404. The van der Waals surface area contributed by atoms with Gasteiger partial charge in [0, 0.05) is 21.9 Å². The lowest BCUT2D eigenvalue weighted by Crippen LogP contribution is -2.02. The minimum Gasteiger partial charge on any atom is -0.289 e. The van der Waals surface area contributed by atoms with E-state index in [0.29, 0.717) is 16.5 Å². The Balaban J connectivity index is 1.94. The van der Waals surface area contributed by atoms with Crippen LogP contribution >= 0.6 is 0 Å². The number of aromatic nitrogens is 1. The van der Waals surface area contributed by atoms with Crippen LogP contribution in [0.1, 0.15) is 15.9 Å². The van der Waals surface area contributed by atoms with Gasteiger partial charge in [-0.25, -0.2) is 22.5 Å². The first kappa shape index (κ1) is 16.2. The Morgan fingerprint density at radius 2 is 1.42 bits per heavy atom. The average Bonchev–Trinajstić information content (AvgIpc) is 2.69. The van der Waals surface area contributed by atoms with E-state index in [0.717, 1.165) is 6.07 Å². The number of benzene rings is 3. The number of rotatable bonds is 2. The summed E-state index contributed by atoms with van der Waals surface area (Å²) in [4.78, 5) is 16.4. The molecule has 1 heterocycles. The normalized spacial score (nSPS) is 11.2. The van der Waals surface area contributed by atoms with Crippen molar-refractivity contribution in [3.8, 4) is 0 Å². The molecule has 0 amide bonds. The molecule has 0 unspecified atom stereocenters. The Morgan fingerprint density at radius 3 is 2.15 bits per heavy atom. The predicted octanol–water partition coefficient (Wildman–Crippen LogP) is 5.18. The van der Waals surface area contributed by atoms with E-state index in [1.54, 1.807) is 30.3 Å². The van der Waals surface area contributed by atoms with Crippen molar-refractivity contribution in [2.75, 3.05) is 0 Å². The van der Waals surface area contributed by atoms with Crippen LogP contribution in [0.4, 0.5) is 17.6 Å². The maximum Gasteiger partial charge on any atom is 0.199 e. The van der Waals surface area contributed by atoms with Crippen LogP contribution in [-0.4, -0.2) is 10.8 Å². The fourth-order valence-electron chi connectivity index (χ4n) is 2.82. The van der Waals surface area contributed by atoms with Crippen molar-refractivity contribution < 1.29 is 22.4 Å². The van der Waals surface area contributed by atoms with Gasteiger partial charge < -0.3 is 0 Å². The third-order valence-electron chi connectivity index (χ3n) is 4.14. The molecule has 4 rings (SSSR count). The van der Waals surface area contributed by atoms with E-state index in [1.165, 1.54) is 18.2 Å². The van der Waals surface area contributed by atoms with Crippen LogP contribution in [0, 0.1) is 23.3 Å². The SMILES string of the molecule is O=C(c1ccccc1)c1ccc2nc3c(F)c(F)c(F)c(F)c3cc2c1. The van der Waals surface area contributed by atoms with Gasteiger partial charge in [-0.05, 0) is 24.3 Å². The number of nitrogens with zero attached hydrogens (tertiary/aromatic N) is 1. The first-order chi connectivity index (χ1) is 12.5. The average molecular weight is 355 g/mol. The summed E-state index contributed by atoms with van der Waals surface area (Å²) >= 11 is 0. The summed E-state index contributed by atoms with van der Waals surface area (Å²) in [6, 6.07) is 14.1. The highest BCUT2D eigenvalue weighted by Crippen LogP contribution is 2.29. The van der Waals surface area contributed by atoms with E-state index in [9.17, 15) is 22.4 Å². The molecule has 2 nitrogen and oxygen atoms in total. The molecule has 0 aliphatic carbocycles. The highest BCUT2D eigenvalue weighted by molar-refractivity contribution is 6.10. The van der Waals surface area contributed by atoms with Crippen molar-refractivity contribution in [3.05, 3.63) is 89.0 Å². The molecular formula is C20H9F4NO. The van der Waals surface area contributed by atoms with Gasteiger partial charge in [-0.2, -0.15) is 0 Å². The molecule has 0 aliphatic heterocycles. The van der Waals surface area contributed by atoms with Gasteiger partial charge in [0.05, 0.1) is 5.52 Å². The summed E-state index contributed by atoms with van der Waals surface area (Å²) in [6.45, 7) is 0. The molecule has 0 fully saturated rings. The van der Waals surface area contributed by atoms with Gasteiger partial charge >= 0.3 is 0 Å². The van der Waals surface area contributed by atoms with Crippen molar-refractivity contribution in [2.45, 2.75) is 0 Å². The van der Waals surface area contributed by atoms with Gasteiger partial charge in [0.15, 0.2) is 29.1 Å². The number of hydrogen-bond acceptors (Lipinski definition) is 2. The first-order valence-corrected chi connectivity index (χ1v) is 7.63. The quantitative estimate of drug-likeness (QED) is 0.163. The van der Waals surface area contributed by atoms with E-state index in [-0.39, 0.29) is 11.3 Å². The van der Waals surface area contributed by atoms with Gasteiger partial charge in [0.1, 0.15) is 5.52 Å². The first-order valence-electron chi connectivity index (χ1n) is 7.63. The molecule has 1 aromatic heterocycles. The fraction of sp³-hybridized carbons (Fsp3) is 0. The van der Waals surface area contributed by atoms with Crippen LogP contribution < -0.4 is 0 Å². The van der Waals surface area contributed by atoms with Crippen molar-refractivity contribution in [3.63, 3.8) is 0 Å². The molecule has 26 heavy (non-hydrogen) atoms. The Labute approximate surface area is 144 Å². The molecule has 0 radical (unpaired) electrons. The number of hydrogen-bond donors (Lipinski definition) is 0. The Morgan fingerprint density at radius 1 is 0.731 bits per heavy atom. The standard InChI is InChI=1S/C20H9F4NO/c21-15-13-9-12-8-11(20(26)10-4-2-1-3-5-10)6-7-14(12)25-19(13)18(24)17(23)16(15)22/h1-9H. The van der Waals surface area contributed by atoms with Crippen molar-refractivity contribution in [1.82, 2.24) is 4.98 Å². The summed E-state index contributed by atoms with van der Waals surface area (Å²) in [5, 5.41) is -0.179. The summed E-state index contributed by atoms with van der Waals surface area (Å²) in [5.74, 6) is -7.13. The molecule has 0 N–H and O–H groups in total. The number of ketones is 1. The largest absolute Gasteiger partial charge is 0.289 e. The topological polar surface area (TPSA) is 30.0 Å². The molecular weight excluding hydrogens is 346 g/mol. The number of carbonyl (C=O) groups is 1. The summed E-state index contributed by atoms with van der Waals surface area (Å²) in [7, 11) is 0. The molecule has 0 spiro atoms. The third-order valence-corrected chi connectivity index (χ3v) is 4.14. The van der Waals surface area contributed by atoms with Crippen molar-refractivity contribution in [2.24, 2.45) is 0 Å². The molecule has 128 valence electrons. The van der Waals surface area contributed by atoms with Crippen LogP contribution in [0.25, 0.3) is 21.8 Å². The predicted molar refractivity (Wildman–Crippen MR) is 89.0 cm³/mol. The minimum absolute atomic E-state index is 0.228. The zero-order valence-corrected chi connectivity index (χ0v) is 13.1. The monoisotopic (exact) mass is 355 g/mol. The van der Waals surface area contributed by atoms with E-state index < -0.39 is 34.2 Å². The Bertz CT molecular complexity index is 1190. The van der Waals surface area contributed by atoms with E-state index in [2.05, 4.69) is 4.98 Å². The van der Waals surface area contributed by atoms with Crippen LogP contribution in [0.2, 0.25) is 0 Å². The fourth-order valence-corrected chi connectivity index (χ4v) is 2.82. The van der Waals surface area contributed by atoms with E-state index in [4.69, 9.17) is 0 Å². The van der Waals surface area contributed by atoms with Crippen LogP contribution in [-0.2, 0) is 0 Å². The highest BCUT2D eigenvalue weighted by atomic mass is 19.2. The third kappa shape index (κ3) is 2.42. The van der Waals surface area contributed by atoms with Gasteiger partial charge in [-0.1, -0.05) is 30.3 Å². The molecule has 3 aromatic carbocycles. The van der Waals surface area contributed by atoms with Crippen molar-refractivity contribution >= 4 is 27.6 Å². The van der Waals surface area contributed by atoms with Gasteiger partial charge in [-0.15, -0.1) is 0 Å². The summed E-state index contributed by atoms with van der Waals surface area (Å²) in [6.07, 6.45) is 0. The second-order valence-corrected chi connectivity index (χ2v) is 5.74. The van der Waals surface area contributed by atoms with Gasteiger partial charge in [-0.3, -0.25) is 4.79 Å². The van der Waals surface area contributed by atoms with Gasteiger partial charge in [0.25, 0.3) is 0 Å². The Hall–Kier alpha value is -3.28. The Kier molecular flexibility index (Phi) is 3.68. The molecule has 0 aliphatic rings. The molecule has 0 saturated carbocycles. The zero-order valence-electron chi connectivity index (χ0n) is 13.1. The number of halogens is 4. The lowest BCUT2D eigenvalue weighted by atomic mass is 10.0. The lowest BCUT2D eigenvalue weighted by molar-refractivity contribution is 0.103. The molecule has 0 bridgehead atoms. The number of pyridine rings is 1. The van der Waals surface area contributed by atoms with E-state index in [1.807, 2.05) is 0 Å². The van der Waals surface area contributed by atoms with Crippen LogP contribution in [0.15, 0.2) is 54.6 Å². The highest BCUT2D eigenvalue weighted by Gasteiger charge is 2.22. The summed E-state index contributed by atoms with van der Waals surface area (Å²) < 4.78 is 54.8. The molecule has 4 aromatic rings. The molecule has 6 heteroatoms. The second-order valence-electron chi connectivity index (χ2n) is 5.74. The number of fused-ring (bicyclic) bond motifs is 2.